The Kier molecular flexibility index (Phi) is 4.77. The Hall–Kier alpha value is -3.15. The second-order valence-corrected chi connectivity index (χ2v) is 7.80. The van der Waals surface area contributed by atoms with Gasteiger partial charge in [0.15, 0.2) is 0 Å². The Bertz CT molecular complexity index is 1300. The van der Waals surface area contributed by atoms with Crippen LogP contribution in [-0.4, -0.2) is 21.3 Å². The number of aryl methyl sites for hydroxylation is 1. The van der Waals surface area contributed by atoms with Crippen molar-refractivity contribution in [3.63, 3.8) is 0 Å². The number of ether oxygens (including phenoxy) is 1. The molecule has 0 amide bonds. The normalized spacial score (nSPS) is 14.8. The molecular weight excluding hydrogens is 398 g/mol. The molecule has 5 rings (SSSR count). The van der Waals surface area contributed by atoms with Gasteiger partial charge in [0.2, 0.25) is 5.88 Å². The molecule has 0 fully saturated rings. The first-order chi connectivity index (χ1) is 14.7. The fraction of sp³-hybridized carbons (Fsp3) is 0.167. The van der Waals surface area contributed by atoms with E-state index in [0.717, 1.165) is 33.2 Å². The van der Waals surface area contributed by atoms with Gasteiger partial charge in [0, 0.05) is 29.7 Å². The van der Waals surface area contributed by atoms with Gasteiger partial charge in [-0.25, -0.2) is 4.98 Å². The second-order valence-electron chi connectivity index (χ2n) is 7.37. The number of aliphatic hydroxyl groups is 1. The van der Waals surface area contributed by atoms with Crippen LogP contribution in [0.25, 0.3) is 10.8 Å². The van der Waals surface area contributed by atoms with Gasteiger partial charge in [-0.05, 0) is 41.0 Å². The summed E-state index contributed by atoms with van der Waals surface area (Å²) in [6.45, 7) is 0.583. The van der Waals surface area contributed by atoms with Crippen LogP contribution in [-0.2, 0) is 6.54 Å². The summed E-state index contributed by atoms with van der Waals surface area (Å²) in [6.07, 6.45) is 2.17. The molecule has 0 bridgehead atoms. The first-order valence-corrected chi connectivity index (χ1v) is 10.2. The van der Waals surface area contributed by atoms with Crippen LogP contribution >= 0.6 is 11.6 Å². The maximum absolute atomic E-state index is 9.23. The molecule has 2 heterocycles. The minimum absolute atomic E-state index is 0.0636. The van der Waals surface area contributed by atoms with Gasteiger partial charge in [-0.15, -0.1) is 0 Å². The molecule has 3 aromatic carbocycles. The highest BCUT2D eigenvalue weighted by atomic mass is 35.5. The van der Waals surface area contributed by atoms with Crippen LogP contribution in [0, 0.1) is 5.41 Å². The molecule has 1 atom stereocenters. The van der Waals surface area contributed by atoms with E-state index >= 15 is 0 Å². The van der Waals surface area contributed by atoms with Crippen molar-refractivity contribution in [2.45, 2.75) is 18.9 Å². The molecule has 1 aromatic heterocycles. The van der Waals surface area contributed by atoms with Gasteiger partial charge in [-0.1, -0.05) is 54.1 Å². The standard InChI is InChI=1S/C24H20ClN3O2/c25-17-9-6-16(7-10-17)20-21-18-5-2-1-4-15(18)8-11-19(21)30-24-22(20)23(26)28(14-27-24)12-3-13-29/h1-2,4-11,14,20,26,29H,3,12-13H2/t20-/m1/s1. The first kappa shape index (κ1) is 18.9. The van der Waals surface area contributed by atoms with Crippen LogP contribution in [0.15, 0.2) is 67.0 Å². The fourth-order valence-electron chi connectivity index (χ4n) is 4.16. The Morgan fingerprint density at radius 1 is 1.03 bits per heavy atom. The van der Waals surface area contributed by atoms with Gasteiger partial charge in [-0.3, -0.25) is 5.41 Å². The minimum atomic E-state index is -0.214. The van der Waals surface area contributed by atoms with E-state index in [4.69, 9.17) is 21.7 Å². The van der Waals surface area contributed by atoms with Gasteiger partial charge >= 0.3 is 0 Å². The number of nitrogens with one attached hydrogen (secondary N) is 1. The van der Waals surface area contributed by atoms with Crippen molar-refractivity contribution < 1.29 is 9.84 Å². The van der Waals surface area contributed by atoms with Crippen molar-refractivity contribution in [2.75, 3.05) is 6.61 Å². The number of nitrogens with zero attached hydrogens (tertiary/aromatic N) is 2. The summed E-state index contributed by atoms with van der Waals surface area (Å²) in [5, 5.41) is 21.0. The fourth-order valence-corrected chi connectivity index (χ4v) is 4.28. The van der Waals surface area contributed by atoms with Crippen LogP contribution in [0.5, 0.6) is 11.6 Å². The van der Waals surface area contributed by atoms with Gasteiger partial charge < -0.3 is 14.4 Å². The molecule has 150 valence electrons. The molecule has 0 saturated heterocycles. The number of benzene rings is 3. The Balaban J connectivity index is 1.81. The number of aliphatic hydroxyl groups excluding tert-OH is 1. The maximum atomic E-state index is 9.23. The van der Waals surface area contributed by atoms with Crippen LogP contribution in [0.4, 0.5) is 0 Å². The Morgan fingerprint density at radius 3 is 2.63 bits per heavy atom. The highest BCUT2D eigenvalue weighted by Gasteiger charge is 2.33. The largest absolute Gasteiger partial charge is 0.438 e. The second kappa shape index (κ2) is 7.59. The summed E-state index contributed by atoms with van der Waals surface area (Å²) >= 11 is 6.16. The highest BCUT2D eigenvalue weighted by Crippen LogP contribution is 2.47. The zero-order valence-corrected chi connectivity index (χ0v) is 16.9. The first-order valence-electron chi connectivity index (χ1n) is 9.87. The quantitative estimate of drug-likeness (QED) is 0.439. The molecule has 4 aromatic rings. The summed E-state index contributed by atoms with van der Waals surface area (Å²) in [5.74, 6) is 0.984. The minimum Gasteiger partial charge on any atom is -0.438 e. The zero-order valence-electron chi connectivity index (χ0n) is 16.2. The van der Waals surface area contributed by atoms with Crippen LogP contribution in [0.3, 0.4) is 0 Å². The highest BCUT2D eigenvalue weighted by molar-refractivity contribution is 6.30. The summed E-state index contributed by atoms with van der Waals surface area (Å²) in [7, 11) is 0. The Morgan fingerprint density at radius 2 is 1.83 bits per heavy atom. The molecule has 1 aliphatic heterocycles. The molecule has 30 heavy (non-hydrogen) atoms. The smallest absolute Gasteiger partial charge is 0.228 e. The number of halogens is 1. The lowest BCUT2D eigenvalue weighted by Crippen LogP contribution is -2.30. The van der Waals surface area contributed by atoms with Crippen LogP contribution in [0.2, 0.25) is 5.02 Å². The van der Waals surface area contributed by atoms with E-state index in [-0.39, 0.29) is 12.5 Å². The van der Waals surface area contributed by atoms with Crippen molar-refractivity contribution in [3.8, 4) is 11.6 Å². The molecule has 1 aliphatic rings. The lowest BCUT2D eigenvalue weighted by Gasteiger charge is -2.29. The average Bonchev–Trinajstić information content (AvgIpc) is 2.78. The third kappa shape index (κ3) is 3.07. The number of hydrogen-bond donors (Lipinski definition) is 2. The number of fused-ring (bicyclic) bond motifs is 4. The SMILES string of the molecule is N=c1c2c(ncn1CCCO)Oc1ccc3ccccc3c1[C@H]2c1ccc(Cl)cc1. The van der Waals surface area contributed by atoms with Crippen molar-refractivity contribution in [1.29, 1.82) is 5.41 Å². The monoisotopic (exact) mass is 417 g/mol. The molecule has 0 aliphatic carbocycles. The third-order valence-corrected chi connectivity index (χ3v) is 5.81. The van der Waals surface area contributed by atoms with E-state index in [1.54, 1.807) is 10.9 Å². The van der Waals surface area contributed by atoms with Crippen molar-refractivity contribution in [2.24, 2.45) is 0 Å². The molecule has 5 nitrogen and oxygen atoms in total. The maximum Gasteiger partial charge on any atom is 0.228 e. The summed E-state index contributed by atoms with van der Waals surface area (Å²) in [6, 6.07) is 20.0. The van der Waals surface area contributed by atoms with Crippen molar-refractivity contribution >= 4 is 22.4 Å². The number of rotatable bonds is 4. The molecule has 0 unspecified atom stereocenters. The van der Waals surface area contributed by atoms with E-state index in [0.29, 0.717) is 29.4 Å². The van der Waals surface area contributed by atoms with Crippen molar-refractivity contribution in [3.05, 3.63) is 94.2 Å². The molecule has 0 radical (unpaired) electrons. The topological polar surface area (TPSA) is 71.1 Å². The summed E-state index contributed by atoms with van der Waals surface area (Å²) in [4.78, 5) is 4.52. The molecule has 6 heteroatoms. The third-order valence-electron chi connectivity index (χ3n) is 5.56. The zero-order chi connectivity index (χ0) is 20.7. The van der Waals surface area contributed by atoms with Gasteiger partial charge in [-0.2, -0.15) is 0 Å². The lowest BCUT2D eigenvalue weighted by molar-refractivity contribution is 0.278. The summed E-state index contributed by atoms with van der Waals surface area (Å²) < 4.78 is 7.94. The van der Waals surface area contributed by atoms with E-state index < -0.39 is 0 Å². The molecular formula is C24H20ClN3O2. The van der Waals surface area contributed by atoms with E-state index in [9.17, 15) is 5.11 Å². The summed E-state index contributed by atoms with van der Waals surface area (Å²) in [5.41, 5.74) is 3.11. The van der Waals surface area contributed by atoms with Gasteiger partial charge in [0.25, 0.3) is 0 Å². The van der Waals surface area contributed by atoms with Crippen LogP contribution < -0.4 is 10.2 Å². The van der Waals surface area contributed by atoms with E-state index in [2.05, 4.69) is 17.1 Å². The molecule has 0 saturated carbocycles. The number of hydrogen-bond acceptors (Lipinski definition) is 4. The van der Waals surface area contributed by atoms with E-state index in [1.165, 1.54) is 0 Å². The van der Waals surface area contributed by atoms with Gasteiger partial charge in [0.05, 0.1) is 5.56 Å². The average molecular weight is 418 g/mol. The molecule has 2 N–H and O–H groups in total. The van der Waals surface area contributed by atoms with Crippen LogP contribution in [0.1, 0.15) is 29.0 Å². The molecule has 0 spiro atoms. The van der Waals surface area contributed by atoms with Gasteiger partial charge in [0.1, 0.15) is 17.6 Å². The predicted octanol–water partition coefficient (Wildman–Crippen LogP) is 4.84. The van der Waals surface area contributed by atoms with Crippen molar-refractivity contribution in [1.82, 2.24) is 9.55 Å². The lowest BCUT2D eigenvalue weighted by atomic mass is 9.81. The van der Waals surface area contributed by atoms with E-state index in [1.807, 2.05) is 48.5 Å². The number of aromatic nitrogens is 2. The predicted molar refractivity (Wildman–Crippen MR) is 116 cm³/mol. The Labute approximate surface area is 178 Å².